The van der Waals surface area contributed by atoms with Gasteiger partial charge in [-0.25, -0.2) is 14.4 Å². The number of alkyl carbamates (subject to hydrolysis) is 1. The second-order valence-corrected chi connectivity index (χ2v) is 6.83. The molecule has 1 aliphatic rings. The van der Waals surface area contributed by atoms with E-state index >= 15 is 0 Å². The van der Waals surface area contributed by atoms with Gasteiger partial charge in [0.05, 0.1) is 0 Å². The number of hydrogen-bond donors (Lipinski definition) is 2. The van der Waals surface area contributed by atoms with E-state index in [9.17, 15) is 19.2 Å². The largest absolute Gasteiger partial charge is 0.454 e. The van der Waals surface area contributed by atoms with Crippen molar-refractivity contribution in [2.75, 3.05) is 19.7 Å². The van der Waals surface area contributed by atoms with E-state index in [0.717, 1.165) is 16.0 Å². The summed E-state index contributed by atoms with van der Waals surface area (Å²) in [6.45, 7) is 0.0112. The molecule has 2 N–H and O–H groups in total. The minimum Gasteiger partial charge on any atom is -0.454 e. The van der Waals surface area contributed by atoms with Crippen LogP contribution in [0.2, 0.25) is 0 Å². The molecule has 0 saturated carbocycles. The molecule has 1 fully saturated rings. The Morgan fingerprint density at radius 2 is 1.61 bits per heavy atom. The molecule has 2 aromatic rings. The van der Waals surface area contributed by atoms with Crippen LogP contribution in [-0.4, -0.2) is 54.6 Å². The minimum absolute atomic E-state index is 0.0440. The molecule has 0 radical (unpaired) electrons. The van der Waals surface area contributed by atoms with E-state index in [1.165, 1.54) is 0 Å². The van der Waals surface area contributed by atoms with Crippen LogP contribution in [0.25, 0.3) is 0 Å². The van der Waals surface area contributed by atoms with Gasteiger partial charge in [0.15, 0.2) is 6.61 Å². The van der Waals surface area contributed by atoms with Crippen LogP contribution in [0.3, 0.4) is 0 Å². The number of nitrogens with zero attached hydrogens (tertiary/aromatic N) is 1. The summed E-state index contributed by atoms with van der Waals surface area (Å²) in [5, 5.41) is 5.00. The Morgan fingerprint density at radius 1 is 0.968 bits per heavy atom. The predicted octanol–water partition coefficient (Wildman–Crippen LogP) is 1.62. The van der Waals surface area contributed by atoms with Gasteiger partial charge < -0.3 is 20.1 Å². The molecule has 9 nitrogen and oxygen atoms in total. The van der Waals surface area contributed by atoms with E-state index in [1.54, 1.807) is 24.3 Å². The predicted molar refractivity (Wildman–Crippen MR) is 110 cm³/mol. The molecule has 0 unspecified atom stereocenters. The molecule has 1 saturated heterocycles. The van der Waals surface area contributed by atoms with Gasteiger partial charge in [0.2, 0.25) is 0 Å². The number of imide groups is 1. The second-order valence-electron chi connectivity index (χ2n) is 6.83. The number of nitrogens with one attached hydrogen (secondary N) is 2. The smallest absolute Gasteiger partial charge is 0.408 e. The van der Waals surface area contributed by atoms with Crippen LogP contribution in [0, 0.1) is 0 Å². The fourth-order valence-electron chi connectivity index (χ4n) is 2.97. The van der Waals surface area contributed by atoms with Gasteiger partial charge in [0.1, 0.15) is 12.6 Å². The lowest BCUT2D eigenvalue weighted by Gasteiger charge is -2.18. The normalized spacial score (nSPS) is 13.8. The average Bonchev–Trinajstić information content (AvgIpc) is 3.22. The lowest BCUT2D eigenvalue weighted by molar-refractivity contribution is -0.152. The Bertz CT molecular complexity index is 919. The number of rotatable bonds is 8. The molecule has 0 spiro atoms. The monoisotopic (exact) mass is 425 g/mol. The fraction of sp³-hybridized carbons (Fsp3) is 0.273. The van der Waals surface area contributed by atoms with Crippen LogP contribution in [0.1, 0.15) is 11.1 Å². The summed E-state index contributed by atoms with van der Waals surface area (Å²) in [5.74, 6) is -1.43. The number of carbonyl (C=O) groups is 4. The summed E-state index contributed by atoms with van der Waals surface area (Å²) in [7, 11) is 0. The number of ether oxygens (including phenoxy) is 2. The Morgan fingerprint density at radius 3 is 2.23 bits per heavy atom. The lowest BCUT2D eigenvalue weighted by atomic mass is 10.1. The van der Waals surface area contributed by atoms with Gasteiger partial charge >= 0.3 is 18.1 Å². The summed E-state index contributed by atoms with van der Waals surface area (Å²) in [4.78, 5) is 49.5. The van der Waals surface area contributed by atoms with Gasteiger partial charge in [-0.1, -0.05) is 60.7 Å². The Kier molecular flexibility index (Phi) is 7.58. The summed E-state index contributed by atoms with van der Waals surface area (Å²) in [6, 6.07) is 16.6. The maximum atomic E-state index is 12.6. The summed E-state index contributed by atoms with van der Waals surface area (Å²) >= 11 is 0. The molecule has 31 heavy (non-hydrogen) atoms. The zero-order valence-electron chi connectivity index (χ0n) is 16.8. The highest BCUT2D eigenvalue weighted by molar-refractivity contribution is 5.97. The van der Waals surface area contributed by atoms with Crippen LogP contribution in [0.4, 0.5) is 9.59 Å². The fourth-order valence-corrected chi connectivity index (χ4v) is 2.97. The van der Waals surface area contributed by atoms with Gasteiger partial charge in [-0.05, 0) is 11.1 Å². The van der Waals surface area contributed by atoms with E-state index in [0.29, 0.717) is 6.54 Å². The molecule has 2 aromatic carbocycles. The van der Waals surface area contributed by atoms with E-state index < -0.39 is 36.6 Å². The quantitative estimate of drug-likeness (QED) is 0.622. The second kappa shape index (κ2) is 10.8. The van der Waals surface area contributed by atoms with E-state index in [-0.39, 0.29) is 19.6 Å². The topological polar surface area (TPSA) is 114 Å². The Labute approximate surface area is 179 Å². The lowest BCUT2D eigenvalue weighted by Crippen LogP contribution is -2.45. The molecule has 0 bridgehead atoms. The van der Waals surface area contributed by atoms with Gasteiger partial charge in [0, 0.05) is 19.5 Å². The van der Waals surface area contributed by atoms with E-state index in [2.05, 4.69) is 10.6 Å². The van der Waals surface area contributed by atoms with Gasteiger partial charge in [-0.3, -0.25) is 9.69 Å². The van der Waals surface area contributed by atoms with Crippen molar-refractivity contribution in [3.8, 4) is 0 Å². The van der Waals surface area contributed by atoms with Crippen LogP contribution < -0.4 is 10.6 Å². The maximum Gasteiger partial charge on any atom is 0.408 e. The third kappa shape index (κ3) is 6.56. The highest BCUT2D eigenvalue weighted by Gasteiger charge is 2.29. The highest BCUT2D eigenvalue weighted by atomic mass is 16.6. The molecule has 4 amide bonds. The third-order valence-electron chi connectivity index (χ3n) is 4.57. The molecule has 162 valence electrons. The molecular weight excluding hydrogens is 402 g/mol. The standard InChI is InChI=1S/C22H23N3O6/c26-19(25-12-11-23-21(25)28)15-30-20(27)18(13-16-7-3-1-4-8-16)24-22(29)31-14-17-9-5-2-6-10-17/h1-10,18H,11-15H2,(H,23,28)(H,24,29)/t18-/m1/s1. The molecule has 1 atom stereocenters. The molecule has 0 aliphatic carbocycles. The Hall–Kier alpha value is -3.88. The van der Waals surface area contributed by atoms with Gasteiger partial charge in [-0.2, -0.15) is 0 Å². The first-order valence-electron chi connectivity index (χ1n) is 9.79. The third-order valence-corrected chi connectivity index (χ3v) is 4.57. The van der Waals surface area contributed by atoms with Crippen LogP contribution in [0.5, 0.6) is 0 Å². The van der Waals surface area contributed by atoms with Crippen molar-refractivity contribution in [3.05, 3.63) is 71.8 Å². The zero-order valence-corrected chi connectivity index (χ0v) is 16.8. The maximum absolute atomic E-state index is 12.6. The minimum atomic E-state index is -1.06. The summed E-state index contributed by atoms with van der Waals surface area (Å²) in [5.41, 5.74) is 1.59. The van der Waals surface area contributed by atoms with E-state index in [1.807, 2.05) is 36.4 Å². The number of esters is 1. The first-order valence-corrected chi connectivity index (χ1v) is 9.79. The summed E-state index contributed by atoms with van der Waals surface area (Å²) in [6.07, 6.45) is -0.634. The van der Waals surface area contributed by atoms with Gasteiger partial charge in [-0.15, -0.1) is 0 Å². The highest BCUT2D eigenvalue weighted by Crippen LogP contribution is 2.07. The number of carbonyl (C=O) groups excluding carboxylic acids is 4. The number of benzene rings is 2. The molecule has 0 aromatic heterocycles. The van der Waals surface area contributed by atoms with Crippen molar-refractivity contribution in [1.29, 1.82) is 0 Å². The summed E-state index contributed by atoms with van der Waals surface area (Å²) < 4.78 is 10.3. The molecular formula is C22H23N3O6. The van der Waals surface area contributed by atoms with Crippen LogP contribution in [0.15, 0.2) is 60.7 Å². The van der Waals surface area contributed by atoms with Crippen LogP contribution >= 0.6 is 0 Å². The molecule has 1 heterocycles. The number of urea groups is 1. The van der Waals surface area contributed by atoms with Crippen molar-refractivity contribution >= 4 is 24.0 Å². The number of amides is 4. The first-order chi connectivity index (χ1) is 15.0. The van der Waals surface area contributed by atoms with Crippen molar-refractivity contribution < 1.29 is 28.7 Å². The SMILES string of the molecule is O=C(N[C@H](Cc1ccccc1)C(=O)OCC(=O)N1CCNC1=O)OCc1ccccc1. The van der Waals surface area contributed by atoms with E-state index in [4.69, 9.17) is 9.47 Å². The Balaban J connectivity index is 1.58. The molecule has 3 rings (SSSR count). The molecule has 9 heteroatoms. The first kappa shape index (κ1) is 21.8. The van der Waals surface area contributed by atoms with Crippen LogP contribution in [-0.2, 0) is 32.1 Å². The average molecular weight is 425 g/mol. The molecule has 1 aliphatic heterocycles. The van der Waals surface area contributed by atoms with Gasteiger partial charge in [0.25, 0.3) is 5.91 Å². The van der Waals surface area contributed by atoms with Crippen molar-refractivity contribution in [2.45, 2.75) is 19.1 Å². The number of hydrogen-bond acceptors (Lipinski definition) is 6. The van der Waals surface area contributed by atoms with Crippen molar-refractivity contribution in [1.82, 2.24) is 15.5 Å². The van der Waals surface area contributed by atoms with Crippen molar-refractivity contribution in [2.24, 2.45) is 0 Å². The van der Waals surface area contributed by atoms with Crippen molar-refractivity contribution in [3.63, 3.8) is 0 Å². The zero-order chi connectivity index (χ0) is 22.1.